The monoisotopic (exact) mass is 450 g/mol. The molecule has 2 aliphatic heterocycles. The van der Waals surface area contributed by atoms with E-state index in [1.54, 1.807) is 36.1 Å². The first-order chi connectivity index (χ1) is 15.4. The molecule has 0 aromatic heterocycles. The van der Waals surface area contributed by atoms with Crippen LogP contribution >= 0.6 is 11.8 Å². The Kier molecular flexibility index (Phi) is 6.41. The van der Waals surface area contributed by atoms with Crippen molar-refractivity contribution in [2.45, 2.75) is 32.9 Å². The Morgan fingerprint density at radius 1 is 1.12 bits per heavy atom. The molecule has 1 saturated heterocycles. The van der Waals surface area contributed by atoms with Gasteiger partial charge < -0.3 is 9.47 Å². The molecule has 1 amide bonds. The topological polar surface area (TPSA) is 85.3 Å². The predicted octanol–water partition coefficient (Wildman–Crippen LogP) is 4.01. The minimum absolute atomic E-state index is 0.0996. The summed E-state index contributed by atoms with van der Waals surface area (Å²) in [6, 6.07) is 15.5. The average molecular weight is 451 g/mol. The van der Waals surface area contributed by atoms with E-state index in [4.69, 9.17) is 9.47 Å². The fourth-order valence-corrected chi connectivity index (χ4v) is 4.66. The van der Waals surface area contributed by atoms with E-state index in [0.29, 0.717) is 39.9 Å². The Labute approximate surface area is 190 Å². The van der Waals surface area contributed by atoms with Gasteiger partial charge >= 0.3 is 11.9 Å². The molecule has 0 spiro atoms. The van der Waals surface area contributed by atoms with E-state index in [-0.39, 0.29) is 12.5 Å². The highest BCUT2D eigenvalue weighted by Gasteiger charge is 2.41. The van der Waals surface area contributed by atoms with Gasteiger partial charge in [-0.25, -0.2) is 9.79 Å². The van der Waals surface area contributed by atoms with E-state index in [1.807, 2.05) is 30.3 Å². The largest absolute Gasteiger partial charge is 0.457 e. The zero-order chi connectivity index (χ0) is 22.7. The molecule has 2 aliphatic rings. The van der Waals surface area contributed by atoms with Crippen molar-refractivity contribution in [2.75, 3.05) is 5.75 Å². The predicted molar refractivity (Wildman–Crippen MR) is 121 cm³/mol. The lowest BCUT2D eigenvalue weighted by Gasteiger charge is -2.38. The van der Waals surface area contributed by atoms with Crippen molar-refractivity contribution < 1.29 is 23.9 Å². The number of hydrogen-bond donors (Lipinski definition) is 0. The van der Waals surface area contributed by atoms with Crippen molar-refractivity contribution in [3.8, 4) is 5.75 Å². The SMILES string of the molecule is CC(=O)Oc1ccc([C@H]2C(C(=O)OCc3ccccc3)=C(C)N=C3SCCC(=O)N32)cc1. The molecule has 0 bridgehead atoms. The lowest BCUT2D eigenvalue weighted by atomic mass is 9.94. The number of carbonyl (C=O) groups is 3. The van der Waals surface area contributed by atoms with E-state index in [2.05, 4.69) is 4.99 Å². The van der Waals surface area contributed by atoms with Gasteiger partial charge in [-0.2, -0.15) is 0 Å². The second-order valence-corrected chi connectivity index (χ2v) is 8.44. The summed E-state index contributed by atoms with van der Waals surface area (Å²) in [5, 5.41) is 0.576. The Hall–Kier alpha value is -3.39. The molecule has 1 fully saturated rings. The number of thioether (sulfide) groups is 1. The molecular weight excluding hydrogens is 428 g/mol. The highest BCUT2D eigenvalue weighted by molar-refractivity contribution is 8.14. The first-order valence-corrected chi connectivity index (χ1v) is 11.2. The summed E-state index contributed by atoms with van der Waals surface area (Å²) >= 11 is 1.49. The minimum Gasteiger partial charge on any atom is -0.457 e. The molecule has 1 atom stereocenters. The molecule has 2 aromatic rings. The highest BCUT2D eigenvalue weighted by Crippen LogP contribution is 2.40. The lowest BCUT2D eigenvalue weighted by molar-refractivity contribution is -0.141. The van der Waals surface area contributed by atoms with Gasteiger partial charge in [-0.05, 0) is 30.2 Å². The number of carbonyl (C=O) groups excluding carboxylic acids is 3. The standard InChI is InChI=1S/C24H22N2O5S/c1-15-21(23(29)30-14-17-6-4-3-5-7-17)22(26-20(28)12-13-32-24(26)25-15)18-8-10-19(11-9-18)31-16(2)27/h3-11,22H,12-14H2,1-2H3/t22-/m0/s1. The Balaban J connectivity index is 1.69. The number of rotatable bonds is 5. The molecule has 0 unspecified atom stereocenters. The van der Waals surface area contributed by atoms with Crippen molar-refractivity contribution in [3.63, 3.8) is 0 Å². The van der Waals surface area contributed by atoms with Crippen molar-refractivity contribution in [1.29, 1.82) is 0 Å². The summed E-state index contributed by atoms with van der Waals surface area (Å²) < 4.78 is 10.7. The fraction of sp³-hybridized carbons (Fsp3) is 0.250. The second-order valence-electron chi connectivity index (χ2n) is 7.38. The summed E-state index contributed by atoms with van der Waals surface area (Å²) in [6.45, 7) is 3.20. The summed E-state index contributed by atoms with van der Waals surface area (Å²) in [5.74, 6) is -0.00977. The Morgan fingerprint density at radius 3 is 2.53 bits per heavy atom. The number of hydrogen-bond acceptors (Lipinski definition) is 7. The van der Waals surface area contributed by atoms with Crippen LogP contribution in [-0.2, 0) is 25.7 Å². The van der Waals surface area contributed by atoms with Gasteiger partial charge in [0.05, 0.1) is 17.3 Å². The molecule has 2 heterocycles. The first kappa shape index (κ1) is 21.8. The molecule has 7 nitrogen and oxygen atoms in total. The lowest BCUT2D eigenvalue weighted by Crippen LogP contribution is -2.45. The number of nitrogens with zero attached hydrogens (tertiary/aromatic N) is 2. The summed E-state index contributed by atoms with van der Waals surface area (Å²) in [5.41, 5.74) is 2.41. The van der Waals surface area contributed by atoms with E-state index in [9.17, 15) is 14.4 Å². The van der Waals surface area contributed by atoms with Crippen molar-refractivity contribution in [3.05, 3.63) is 77.0 Å². The summed E-state index contributed by atoms with van der Waals surface area (Å²) in [7, 11) is 0. The molecule has 0 N–H and O–H groups in total. The molecular formula is C24H22N2O5S. The molecule has 0 radical (unpaired) electrons. The number of aliphatic imine (C=N–C) groups is 1. The van der Waals surface area contributed by atoms with Crippen molar-refractivity contribution in [1.82, 2.24) is 4.90 Å². The van der Waals surface area contributed by atoms with Crippen LogP contribution in [0.15, 0.2) is 70.9 Å². The van der Waals surface area contributed by atoms with Crippen LogP contribution in [0.4, 0.5) is 0 Å². The van der Waals surface area contributed by atoms with Gasteiger partial charge in [-0.1, -0.05) is 54.2 Å². The van der Waals surface area contributed by atoms with E-state index in [0.717, 1.165) is 5.56 Å². The maximum absolute atomic E-state index is 13.2. The van der Waals surface area contributed by atoms with Crippen LogP contribution in [0.2, 0.25) is 0 Å². The number of amides is 1. The van der Waals surface area contributed by atoms with Crippen molar-refractivity contribution in [2.24, 2.45) is 4.99 Å². The van der Waals surface area contributed by atoms with Crippen LogP contribution in [0.5, 0.6) is 5.75 Å². The van der Waals surface area contributed by atoms with Crippen LogP contribution in [0.25, 0.3) is 0 Å². The highest BCUT2D eigenvalue weighted by atomic mass is 32.2. The van der Waals surface area contributed by atoms with E-state index in [1.165, 1.54) is 18.7 Å². The smallest absolute Gasteiger partial charge is 0.338 e. The summed E-state index contributed by atoms with van der Waals surface area (Å²) in [6.07, 6.45) is 0.358. The third-order valence-electron chi connectivity index (χ3n) is 5.10. The van der Waals surface area contributed by atoms with Crippen LogP contribution < -0.4 is 4.74 Å². The number of fused-ring (bicyclic) bond motifs is 1. The molecule has 32 heavy (non-hydrogen) atoms. The first-order valence-electron chi connectivity index (χ1n) is 10.2. The summed E-state index contributed by atoms with van der Waals surface area (Å²) in [4.78, 5) is 43.4. The van der Waals surface area contributed by atoms with Gasteiger partial charge in [0, 0.05) is 19.1 Å². The number of esters is 2. The number of allylic oxidation sites excluding steroid dienone is 1. The van der Waals surface area contributed by atoms with Gasteiger partial charge in [0.1, 0.15) is 12.4 Å². The Bertz CT molecular complexity index is 1110. The average Bonchev–Trinajstić information content (AvgIpc) is 2.77. The van der Waals surface area contributed by atoms with Gasteiger partial charge in [0.25, 0.3) is 0 Å². The van der Waals surface area contributed by atoms with Crippen LogP contribution in [0.3, 0.4) is 0 Å². The number of amidine groups is 1. The zero-order valence-electron chi connectivity index (χ0n) is 17.7. The maximum atomic E-state index is 13.2. The van der Waals surface area contributed by atoms with Gasteiger partial charge in [0.2, 0.25) is 5.91 Å². The van der Waals surface area contributed by atoms with E-state index >= 15 is 0 Å². The van der Waals surface area contributed by atoms with Crippen LogP contribution in [0, 0.1) is 0 Å². The van der Waals surface area contributed by atoms with Crippen molar-refractivity contribution >= 4 is 34.8 Å². The van der Waals surface area contributed by atoms with Gasteiger partial charge in [-0.15, -0.1) is 0 Å². The third kappa shape index (κ3) is 4.60. The third-order valence-corrected chi connectivity index (χ3v) is 6.05. The molecule has 0 aliphatic carbocycles. The van der Waals surface area contributed by atoms with Crippen LogP contribution in [0.1, 0.15) is 37.4 Å². The van der Waals surface area contributed by atoms with Gasteiger partial charge in [-0.3, -0.25) is 14.5 Å². The minimum atomic E-state index is -0.669. The molecule has 8 heteroatoms. The van der Waals surface area contributed by atoms with Crippen LogP contribution in [-0.4, -0.2) is 33.7 Å². The maximum Gasteiger partial charge on any atom is 0.338 e. The quantitative estimate of drug-likeness (QED) is 0.506. The zero-order valence-corrected chi connectivity index (χ0v) is 18.6. The molecule has 2 aromatic carbocycles. The second kappa shape index (κ2) is 9.40. The Morgan fingerprint density at radius 2 is 1.84 bits per heavy atom. The van der Waals surface area contributed by atoms with Gasteiger partial charge in [0.15, 0.2) is 5.17 Å². The fourth-order valence-electron chi connectivity index (χ4n) is 3.66. The van der Waals surface area contributed by atoms with E-state index < -0.39 is 18.0 Å². The normalized spacial score (nSPS) is 18.1. The molecule has 4 rings (SSSR count). The molecule has 164 valence electrons. The number of benzene rings is 2. The molecule has 0 saturated carbocycles. The number of ether oxygens (including phenoxy) is 2.